The molecule has 364 valence electrons. The predicted molar refractivity (Wildman–Crippen MR) is 276 cm³/mol. The largest absolute Gasteiger partial charge is 0.506 e. The van der Waals surface area contributed by atoms with Crippen LogP contribution >= 0.6 is 15.9 Å². The first-order chi connectivity index (χ1) is 31.9. The number of rotatable bonds is 11. The maximum Gasteiger partial charge on any atom is 0.349 e. The van der Waals surface area contributed by atoms with E-state index in [1.165, 1.54) is 9.59 Å². The molecular formula is C54H63BrN6O8. The van der Waals surface area contributed by atoms with Crippen molar-refractivity contribution in [3.63, 3.8) is 0 Å². The fourth-order valence-electron chi connectivity index (χ4n) is 6.62. The average molecular weight is 1000 g/mol. The predicted octanol–water partition coefficient (Wildman–Crippen LogP) is 12.3. The standard InChI is InChI=1S/C25H25N3O4.C16H17N3O.C11H13BrO3.2CH4/c1-25(2,3)17-11-14-22(21(15-17)28-26-19-7-5-6-8-20(19)27-28)32-23(24(29)30)16-9-12-18(31-4)13-10-16;1-16(2,3)11-8-9-15(20)14(10-11)19-17-12-6-4-5-7-13(12)18-19;1-3-15-11(13)10(12)8-4-6-9(14-2)7-5-8;;/h5-15,23H,1-4H3,(H,29,30);4-10,20H,1-3H3;4-7,10H,3H2,1-2H3;2*1H4. The number of benzene rings is 6. The second kappa shape index (κ2) is 23.6. The lowest BCUT2D eigenvalue weighted by Crippen LogP contribution is -2.20. The van der Waals surface area contributed by atoms with Crippen molar-refractivity contribution in [3.8, 4) is 34.4 Å². The van der Waals surface area contributed by atoms with Gasteiger partial charge in [0.05, 0.1) is 20.8 Å². The number of carboxylic acids is 1. The SMILES string of the molecule is C.C.CC(C)(C)c1ccc(O)c(-n2nc3ccccc3n2)c1.CCOC(=O)C(Br)c1ccc(OC)cc1.COc1ccc(C(Oc2ccc(C(C)(C)C)cc2-n2nc3ccccc3n2)C(=O)O)cc1. The van der Waals surface area contributed by atoms with Gasteiger partial charge in [0.25, 0.3) is 0 Å². The van der Waals surface area contributed by atoms with Gasteiger partial charge in [-0.05, 0) is 107 Å². The normalized spacial score (nSPS) is 11.9. The van der Waals surface area contributed by atoms with Crippen LogP contribution in [-0.2, 0) is 25.2 Å². The van der Waals surface area contributed by atoms with Gasteiger partial charge < -0.3 is 29.2 Å². The van der Waals surface area contributed by atoms with Crippen LogP contribution in [0.1, 0.15) is 96.5 Å². The summed E-state index contributed by atoms with van der Waals surface area (Å²) >= 11 is 3.28. The van der Waals surface area contributed by atoms with E-state index in [0.29, 0.717) is 35.0 Å². The van der Waals surface area contributed by atoms with Crippen LogP contribution in [0.3, 0.4) is 0 Å². The van der Waals surface area contributed by atoms with E-state index in [-0.39, 0.29) is 37.4 Å². The molecular weight excluding hydrogens is 941 g/mol. The Morgan fingerprint density at radius 1 is 0.609 bits per heavy atom. The second-order valence-corrected chi connectivity index (χ2v) is 18.3. The fourth-order valence-corrected chi connectivity index (χ4v) is 7.05. The molecule has 2 atom stereocenters. The molecule has 2 N–H and O–H groups in total. The summed E-state index contributed by atoms with van der Waals surface area (Å²) in [5.41, 5.74) is 7.72. The second-order valence-electron chi connectivity index (χ2n) is 17.3. The molecule has 0 aliphatic carbocycles. The molecule has 2 unspecified atom stereocenters. The van der Waals surface area contributed by atoms with Gasteiger partial charge in [0.2, 0.25) is 6.10 Å². The third-order valence-electron chi connectivity index (χ3n) is 10.5. The Morgan fingerprint density at radius 3 is 1.42 bits per heavy atom. The number of methoxy groups -OCH3 is 2. The van der Waals surface area contributed by atoms with Crippen LogP contribution in [0.25, 0.3) is 33.4 Å². The van der Waals surface area contributed by atoms with Crippen LogP contribution in [0.15, 0.2) is 133 Å². The number of aromatic hydroxyl groups is 1. The quantitative estimate of drug-likeness (QED) is 0.0929. The van der Waals surface area contributed by atoms with Gasteiger partial charge in [-0.3, -0.25) is 4.79 Å². The number of phenols is 1. The van der Waals surface area contributed by atoms with E-state index in [4.69, 9.17) is 18.9 Å². The minimum absolute atomic E-state index is 0. The van der Waals surface area contributed by atoms with Crippen molar-refractivity contribution in [1.82, 2.24) is 30.0 Å². The molecule has 8 rings (SSSR count). The third-order valence-corrected chi connectivity index (χ3v) is 11.4. The maximum atomic E-state index is 12.1. The minimum Gasteiger partial charge on any atom is -0.506 e. The van der Waals surface area contributed by atoms with Crippen molar-refractivity contribution in [1.29, 1.82) is 0 Å². The number of halogens is 1. The molecule has 0 aliphatic rings. The lowest BCUT2D eigenvalue weighted by molar-refractivity contribution is -0.145. The molecule has 2 aromatic heterocycles. The smallest absolute Gasteiger partial charge is 0.349 e. The number of hydrogen-bond donors (Lipinski definition) is 2. The Bertz CT molecular complexity index is 2870. The number of hydrogen-bond acceptors (Lipinski definition) is 11. The lowest BCUT2D eigenvalue weighted by atomic mass is 9.87. The summed E-state index contributed by atoms with van der Waals surface area (Å²) < 4.78 is 21.1. The molecule has 0 saturated carbocycles. The molecule has 6 aromatic carbocycles. The van der Waals surface area contributed by atoms with Crippen LogP contribution in [0.4, 0.5) is 0 Å². The Morgan fingerprint density at radius 2 is 1.01 bits per heavy atom. The first kappa shape index (κ1) is 54.3. The molecule has 0 aliphatic heterocycles. The Kier molecular flexibility index (Phi) is 18.6. The molecule has 0 amide bonds. The van der Waals surface area contributed by atoms with Gasteiger partial charge in [0, 0.05) is 5.56 Å². The Hall–Kier alpha value is -7.26. The molecule has 0 radical (unpaired) electrons. The number of alkyl halides is 1. The number of aromatic nitrogens is 6. The molecule has 14 nitrogen and oxygen atoms in total. The van der Waals surface area contributed by atoms with Crippen LogP contribution in [0, 0.1) is 0 Å². The Labute approximate surface area is 412 Å². The van der Waals surface area contributed by atoms with Crippen molar-refractivity contribution >= 4 is 49.9 Å². The maximum absolute atomic E-state index is 12.1. The van der Waals surface area contributed by atoms with Gasteiger partial charge in [0.15, 0.2) is 0 Å². The zero-order chi connectivity index (χ0) is 48.5. The summed E-state index contributed by atoms with van der Waals surface area (Å²) in [6, 6.07) is 40.5. The van der Waals surface area contributed by atoms with E-state index < -0.39 is 16.9 Å². The van der Waals surface area contributed by atoms with E-state index in [2.05, 4.69) is 77.9 Å². The van der Waals surface area contributed by atoms with Crippen LogP contribution in [0.5, 0.6) is 23.0 Å². The highest BCUT2D eigenvalue weighted by atomic mass is 79.9. The van der Waals surface area contributed by atoms with Crippen molar-refractivity contribution in [2.75, 3.05) is 20.8 Å². The molecule has 8 aromatic rings. The number of esters is 1. The molecule has 0 fully saturated rings. The number of nitrogens with zero attached hydrogens (tertiary/aromatic N) is 6. The van der Waals surface area contributed by atoms with Gasteiger partial charge in [-0.25, -0.2) is 4.79 Å². The highest BCUT2D eigenvalue weighted by Crippen LogP contribution is 2.34. The average Bonchev–Trinajstić information content (AvgIpc) is 3.96. The third kappa shape index (κ3) is 13.7. The highest BCUT2D eigenvalue weighted by Gasteiger charge is 2.26. The van der Waals surface area contributed by atoms with Gasteiger partial charge in [0.1, 0.15) is 61.3 Å². The number of aliphatic carboxylic acids is 1. The molecule has 69 heavy (non-hydrogen) atoms. The zero-order valence-electron chi connectivity index (χ0n) is 39.0. The van der Waals surface area contributed by atoms with Crippen LogP contribution in [-0.4, -0.2) is 73.0 Å². The summed E-state index contributed by atoms with van der Waals surface area (Å²) in [4.78, 5) is 26.1. The topological polar surface area (TPSA) is 173 Å². The fraction of sp³-hybridized carbons (Fsp3) is 0.296. The van der Waals surface area contributed by atoms with E-state index in [9.17, 15) is 19.8 Å². The van der Waals surface area contributed by atoms with Gasteiger partial charge in [-0.1, -0.05) is 133 Å². The highest BCUT2D eigenvalue weighted by molar-refractivity contribution is 9.09. The van der Waals surface area contributed by atoms with Crippen molar-refractivity contribution in [3.05, 3.63) is 156 Å². The summed E-state index contributed by atoms with van der Waals surface area (Å²) in [7, 11) is 3.16. The summed E-state index contributed by atoms with van der Waals surface area (Å²) in [6.07, 6.45) is -1.20. The van der Waals surface area contributed by atoms with Gasteiger partial charge in [-0.2, -0.15) is 0 Å². The first-order valence-corrected chi connectivity index (χ1v) is 22.4. The molecule has 15 heteroatoms. The van der Waals surface area contributed by atoms with Gasteiger partial charge >= 0.3 is 11.9 Å². The van der Waals surface area contributed by atoms with Crippen molar-refractivity contribution in [2.24, 2.45) is 0 Å². The van der Waals surface area contributed by atoms with Gasteiger partial charge in [-0.15, -0.1) is 30.0 Å². The number of carbonyl (C=O) groups excluding carboxylic acids is 1. The minimum atomic E-state index is -1.20. The van der Waals surface area contributed by atoms with Crippen LogP contribution < -0.4 is 14.2 Å². The van der Waals surface area contributed by atoms with Crippen molar-refractivity contribution < 1.29 is 38.7 Å². The molecule has 0 spiro atoms. The van der Waals surface area contributed by atoms with E-state index >= 15 is 0 Å². The van der Waals surface area contributed by atoms with Crippen LogP contribution in [0.2, 0.25) is 0 Å². The molecule has 0 saturated heterocycles. The van der Waals surface area contributed by atoms with E-state index in [1.807, 2.05) is 97.1 Å². The number of carbonyl (C=O) groups is 2. The molecule has 2 heterocycles. The number of carboxylic acid groups (broad SMARTS) is 1. The summed E-state index contributed by atoms with van der Waals surface area (Å²) in [6.45, 7) is 14.9. The summed E-state index contributed by atoms with van der Waals surface area (Å²) in [5.74, 6) is 0.588. The lowest BCUT2D eigenvalue weighted by Gasteiger charge is -2.22. The number of phenolic OH excluding ortho intramolecular Hbond substituents is 1. The number of fused-ring (bicyclic) bond motifs is 2. The van der Waals surface area contributed by atoms with Crippen molar-refractivity contribution in [2.45, 2.75) is 85.1 Å². The first-order valence-electron chi connectivity index (χ1n) is 21.5. The zero-order valence-corrected chi connectivity index (χ0v) is 40.6. The van der Waals surface area contributed by atoms with E-state index in [1.54, 1.807) is 57.5 Å². The van der Waals surface area contributed by atoms with E-state index in [0.717, 1.165) is 44.5 Å². The molecule has 0 bridgehead atoms. The number of ether oxygens (including phenoxy) is 4. The monoisotopic (exact) mass is 1000 g/mol. The summed E-state index contributed by atoms with van der Waals surface area (Å²) in [5, 5.41) is 37.9. The Balaban J connectivity index is 0.000000241.